The molecule has 0 aromatic heterocycles. The van der Waals surface area contributed by atoms with Gasteiger partial charge < -0.3 is 5.41 Å². The maximum atomic E-state index is 7.48. The molecule has 1 aliphatic heterocycles. The molecule has 10 heavy (non-hydrogen) atoms. The first-order chi connectivity index (χ1) is 4.61. The second-order valence-electron chi connectivity index (χ2n) is 3.12. The van der Waals surface area contributed by atoms with Crippen LogP contribution in [0.4, 0.5) is 0 Å². The second kappa shape index (κ2) is 2.52. The van der Waals surface area contributed by atoms with E-state index in [0.717, 1.165) is 12.1 Å². The molecule has 56 valence electrons. The van der Waals surface area contributed by atoms with Gasteiger partial charge in [-0.25, -0.2) is 0 Å². The van der Waals surface area contributed by atoms with Crippen molar-refractivity contribution in [2.75, 3.05) is 0 Å². The highest BCUT2D eigenvalue weighted by Gasteiger charge is 2.19. The molecule has 0 aliphatic carbocycles. The number of nitrogens with zero attached hydrogens (tertiary/aromatic N) is 1. The van der Waals surface area contributed by atoms with Crippen molar-refractivity contribution in [2.24, 2.45) is 10.9 Å². The Kier molecular flexibility index (Phi) is 1.88. The molecule has 1 heterocycles. The molecule has 0 fully saturated rings. The van der Waals surface area contributed by atoms with Gasteiger partial charge in [0.15, 0.2) is 0 Å². The van der Waals surface area contributed by atoms with Crippen LogP contribution in [-0.2, 0) is 0 Å². The van der Waals surface area contributed by atoms with Crippen LogP contribution in [0.3, 0.4) is 0 Å². The maximum Gasteiger partial charge on any atom is 0.0528 e. The number of aliphatic imine (C=N–C) groups is 1. The summed E-state index contributed by atoms with van der Waals surface area (Å²) in [5, 5.41) is 7.48. The van der Waals surface area contributed by atoms with Crippen molar-refractivity contribution in [3.8, 4) is 0 Å². The van der Waals surface area contributed by atoms with Gasteiger partial charge in [0.2, 0.25) is 0 Å². The number of rotatable bonds is 0. The van der Waals surface area contributed by atoms with Crippen molar-refractivity contribution in [3.63, 3.8) is 0 Å². The Morgan fingerprint density at radius 1 is 1.50 bits per heavy atom. The average molecular weight is 138 g/mol. The van der Waals surface area contributed by atoms with Gasteiger partial charge >= 0.3 is 0 Å². The van der Waals surface area contributed by atoms with Crippen molar-refractivity contribution in [1.29, 1.82) is 5.41 Å². The third kappa shape index (κ3) is 1.25. The normalized spacial score (nSPS) is 33.9. The molecule has 2 nitrogen and oxygen atoms in total. The Hall–Kier alpha value is -0.660. The third-order valence-corrected chi connectivity index (χ3v) is 2.18. The SMILES string of the molecule is CC1=NC(C)C(C)CC1=N. The highest BCUT2D eigenvalue weighted by molar-refractivity contribution is 6.40. The summed E-state index contributed by atoms with van der Waals surface area (Å²) in [5.74, 6) is 0.552. The molecular weight excluding hydrogens is 124 g/mol. The van der Waals surface area contributed by atoms with Crippen molar-refractivity contribution in [1.82, 2.24) is 0 Å². The molecule has 0 radical (unpaired) electrons. The summed E-state index contributed by atoms with van der Waals surface area (Å²) in [4.78, 5) is 4.34. The predicted octanol–water partition coefficient (Wildman–Crippen LogP) is 1.90. The fourth-order valence-corrected chi connectivity index (χ4v) is 1.15. The quantitative estimate of drug-likeness (QED) is 0.530. The summed E-state index contributed by atoms with van der Waals surface area (Å²) < 4.78 is 0. The highest BCUT2D eigenvalue weighted by Crippen LogP contribution is 2.17. The van der Waals surface area contributed by atoms with Gasteiger partial charge in [-0.15, -0.1) is 0 Å². The molecule has 2 heteroatoms. The molecule has 1 aliphatic rings. The van der Waals surface area contributed by atoms with Crippen LogP contribution < -0.4 is 0 Å². The number of nitrogens with one attached hydrogen (secondary N) is 1. The Morgan fingerprint density at radius 2 is 2.10 bits per heavy atom. The van der Waals surface area contributed by atoms with Gasteiger partial charge in [0.05, 0.1) is 17.5 Å². The molecule has 2 unspecified atom stereocenters. The largest absolute Gasteiger partial charge is 0.303 e. The lowest BCUT2D eigenvalue weighted by Crippen LogP contribution is -2.27. The first-order valence-corrected chi connectivity index (χ1v) is 3.73. The zero-order valence-corrected chi connectivity index (χ0v) is 6.81. The van der Waals surface area contributed by atoms with E-state index >= 15 is 0 Å². The molecule has 0 aromatic rings. The zero-order valence-electron chi connectivity index (χ0n) is 6.81. The van der Waals surface area contributed by atoms with Gasteiger partial charge in [0.25, 0.3) is 0 Å². The minimum absolute atomic E-state index is 0.411. The average Bonchev–Trinajstić information content (AvgIpc) is 1.84. The van der Waals surface area contributed by atoms with Gasteiger partial charge in [0, 0.05) is 0 Å². The Morgan fingerprint density at radius 3 is 2.60 bits per heavy atom. The molecule has 1 N–H and O–H groups in total. The van der Waals surface area contributed by atoms with Crippen LogP contribution >= 0.6 is 0 Å². The molecule has 2 atom stereocenters. The minimum atomic E-state index is 0.411. The number of hydrogen-bond acceptors (Lipinski definition) is 2. The van der Waals surface area contributed by atoms with Gasteiger partial charge in [0.1, 0.15) is 0 Å². The van der Waals surface area contributed by atoms with Crippen molar-refractivity contribution in [2.45, 2.75) is 33.2 Å². The summed E-state index contributed by atoms with van der Waals surface area (Å²) in [5.41, 5.74) is 1.64. The van der Waals surface area contributed by atoms with E-state index in [9.17, 15) is 0 Å². The molecule has 0 aromatic carbocycles. The van der Waals surface area contributed by atoms with Crippen LogP contribution in [0.2, 0.25) is 0 Å². The second-order valence-corrected chi connectivity index (χ2v) is 3.12. The van der Waals surface area contributed by atoms with E-state index in [-0.39, 0.29) is 0 Å². The topological polar surface area (TPSA) is 36.2 Å². The van der Waals surface area contributed by atoms with Gasteiger partial charge in [-0.3, -0.25) is 4.99 Å². The van der Waals surface area contributed by atoms with E-state index in [0.29, 0.717) is 17.7 Å². The Labute approximate surface area is 61.9 Å². The van der Waals surface area contributed by atoms with Gasteiger partial charge in [-0.2, -0.15) is 0 Å². The summed E-state index contributed by atoms with van der Waals surface area (Å²) in [6, 6.07) is 0.411. The Balaban J connectivity index is 2.79. The van der Waals surface area contributed by atoms with E-state index in [1.54, 1.807) is 0 Å². The van der Waals surface area contributed by atoms with Crippen molar-refractivity contribution in [3.05, 3.63) is 0 Å². The maximum absolute atomic E-state index is 7.48. The van der Waals surface area contributed by atoms with Crippen LogP contribution in [0.25, 0.3) is 0 Å². The first-order valence-electron chi connectivity index (χ1n) is 3.73. The van der Waals surface area contributed by atoms with Gasteiger partial charge in [-0.05, 0) is 26.2 Å². The van der Waals surface area contributed by atoms with Crippen LogP contribution in [0.15, 0.2) is 4.99 Å². The van der Waals surface area contributed by atoms with Crippen molar-refractivity contribution >= 4 is 11.4 Å². The fraction of sp³-hybridized carbons (Fsp3) is 0.750. The molecule has 1 rings (SSSR count). The third-order valence-electron chi connectivity index (χ3n) is 2.18. The van der Waals surface area contributed by atoms with E-state index < -0.39 is 0 Å². The molecule has 0 bridgehead atoms. The zero-order chi connectivity index (χ0) is 7.72. The smallest absolute Gasteiger partial charge is 0.0528 e. The summed E-state index contributed by atoms with van der Waals surface area (Å²) in [7, 11) is 0. The van der Waals surface area contributed by atoms with E-state index in [2.05, 4.69) is 18.8 Å². The fourth-order valence-electron chi connectivity index (χ4n) is 1.15. The van der Waals surface area contributed by atoms with E-state index in [1.165, 1.54) is 0 Å². The Bertz CT molecular complexity index is 182. The van der Waals surface area contributed by atoms with E-state index in [4.69, 9.17) is 5.41 Å². The summed E-state index contributed by atoms with van der Waals surface area (Å²) >= 11 is 0. The molecule has 0 spiro atoms. The lowest BCUT2D eigenvalue weighted by Gasteiger charge is -2.22. The molecule has 0 saturated carbocycles. The summed E-state index contributed by atoms with van der Waals surface area (Å²) in [6.45, 7) is 6.18. The minimum Gasteiger partial charge on any atom is -0.303 e. The predicted molar refractivity (Wildman–Crippen MR) is 44.1 cm³/mol. The lowest BCUT2D eigenvalue weighted by atomic mass is 9.92. The van der Waals surface area contributed by atoms with Crippen LogP contribution in [-0.4, -0.2) is 17.5 Å². The monoisotopic (exact) mass is 138 g/mol. The summed E-state index contributed by atoms with van der Waals surface area (Å²) in [6.07, 6.45) is 0.899. The molecule has 0 saturated heterocycles. The first kappa shape index (κ1) is 7.45. The standard InChI is InChI=1S/C8H14N2/c1-5-4-8(9)7(3)10-6(5)2/h5-6,9H,4H2,1-3H3. The lowest BCUT2D eigenvalue weighted by molar-refractivity contribution is 0.495. The molecular formula is C8H14N2. The van der Waals surface area contributed by atoms with Gasteiger partial charge in [-0.1, -0.05) is 6.92 Å². The highest BCUT2D eigenvalue weighted by atomic mass is 14.8. The molecule has 0 amide bonds. The van der Waals surface area contributed by atoms with E-state index in [1.807, 2.05) is 6.92 Å². The van der Waals surface area contributed by atoms with Crippen LogP contribution in [0.1, 0.15) is 27.2 Å². The number of hydrogen-bond donors (Lipinski definition) is 1. The van der Waals surface area contributed by atoms with Crippen molar-refractivity contribution < 1.29 is 0 Å². The van der Waals surface area contributed by atoms with Crippen LogP contribution in [0, 0.1) is 11.3 Å². The van der Waals surface area contributed by atoms with Crippen LogP contribution in [0.5, 0.6) is 0 Å².